The third-order valence-corrected chi connectivity index (χ3v) is 3.38. The summed E-state index contributed by atoms with van der Waals surface area (Å²) in [5.74, 6) is 0. The first kappa shape index (κ1) is 7.37. The topological polar surface area (TPSA) is 0 Å². The average molecular weight is 170 g/mol. The van der Waals surface area contributed by atoms with Crippen LogP contribution in [-0.4, -0.2) is 0 Å². The van der Waals surface area contributed by atoms with Crippen molar-refractivity contribution in [1.82, 2.24) is 0 Å². The molecule has 3 rings (SSSR count). The molecule has 0 heterocycles. The maximum absolute atomic E-state index is 2.29. The number of allylic oxidation sites excluding steroid dienone is 2. The Balaban J connectivity index is 2.04. The smallest absolute Gasteiger partial charge is 0.00615 e. The number of hydrogen-bond donors (Lipinski definition) is 0. The van der Waals surface area contributed by atoms with Gasteiger partial charge < -0.3 is 0 Å². The summed E-state index contributed by atoms with van der Waals surface area (Å²) in [5, 5.41) is 0. The predicted octanol–water partition coefficient (Wildman–Crippen LogP) is 3.27. The molecule has 0 spiro atoms. The summed E-state index contributed by atoms with van der Waals surface area (Å²) >= 11 is 0. The molecular weight excluding hydrogens is 156 g/mol. The van der Waals surface area contributed by atoms with E-state index in [0.717, 1.165) is 0 Å². The van der Waals surface area contributed by atoms with Gasteiger partial charge in [-0.25, -0.2) is 0 Å². The molecule has 0 saturated heterocycles. The van der Waals surface area contributed by atoms with Crippen molar-refractivity contribution in [2.45, 2.75) is 32.1 Å². The van der Waals surface area contributed by atoms with E-state index in [9.17, 15) is 0 Å². The summed E-state index contributed by atoms with van der Waals surface area (Å²) in [6.45, 7) is 0. The van der Waals surface area contributed by atoms with E-state index in [4.69, 9.17) is 0 Å². The Bertz CT molecular complexity index is 336. The zero-order chi connectivity index (χ0) is 8.67. The number of benzene rings is 1. The fourth-order valence-electron chi connectivity index (χ4n) is 2.66. The van der Waals surface area contributed by atoms with E-state index in [-0.39, 0.29) is 0 Å². The SMILES string of the molecule is c1ccc2c(c1)CC1=C(CCC1)C2. The van der Waals surface area contributed by atoms with Crippen LogP contribution >= 0.6 is 0 Å². The molecule has 66 valence electrons. The van der Waals surface area contributed by atoms with E-state index >= 15 is 0 Å². The first-order chi connectivity index (χ1) is 6.43. The van der Waals surface area contributed by atoms with Crippen LogP contribution < -0.4 is 0 Å². The summed E-state index contributed by atoms with van der Waals surface area (Å²) in [6, 6.07) is 8.91. The molecule has 0 saturated carbocycles. The summed E-state index contributed by atoms with van der Waals surface area (Å²) < 4.78 is 0. The van der Waals surface area contributed by atoms with Gasteiger partial charge in [0.2, 0.25) is 0 Å². The summed E-state index contributed by atoms with van der Waals surface area (Å²) in [6.07, 6.45) is 6.61. The Hall–Kier alpha value is -1.04. The maximum atomic E-state index is 2.29. The molecule has 1 aromatic rings. The van der Waals surface area contributed by atoms with Crippen molar-refractivity contribution in [1.29, 1.82) is 0 Å². The third-order valence-electron chi connectivity index (χ3n) is 3.38. The minimum absolute atomic E-state index is 1.24. The molecule has 0 radical (unpaired) electrons. The van der Waals surface area contributed by atoms with Crippen molar-refractivity contribution in [2.75, 3.05) is 0 Å². The lowest BCUT2D eigenvalue weighted by Gasteiger charge is -2.18. The van der Waals surface area contributed by atoms with Crippen molar-refractivity contribution in [3.8, 4) is 0 Å². The van der Waals surface area contributed by atoms with Gasteiger partial charge in [0.05, 0.1) is 0 Å². The Labute approximate surface area is 79.3 Å². The van der Waals surface area contributed by atoms with Gasteiger partial charge in [-0.15, -0.1) is 0 Å². The highest BCUT2D eigenvalue weighted by Gasteiger charge is 2.20. The summed E-state index contributed by atoms with van der Waals surface area (Å²) in [7, 11) is 0. The lowest BCUT2D eigenvalue weighted by atomic mass is 9.88. The van der Waals surface area contributed by atoms with Crippen LogP contribution in [0.15, 0.2) is 35.4 Å². The van der Waals surface area contributed by atoms with Gasteiger partial charge in [0, 0.05) is 0 Å². The molecule has 2 aliphatic carbocycles. The second-order valence-corrected chi connectivity index (χ2v) is 4.18. The van der Waals surface area contributed by atoms with Crippen LogP contribution in [0.4, 0.5) is 0 Å². The van der Waals surface area contributed by atoms with E-state index in [2.05, 4.69) is 24.3 Å². The van der Waals surface area contributed by atoms with Crippen molar-refractivity contribution in [3.05, 3.63) is 46.5 Å². The molecule has 2 aliphatic rings. The Morgan fingerprint density at radius 3 is 1.85 bits per heavy atom. The van der Waals surface area contributed by atoms with Crippen LogP contribution in [-0.2, 0) is 12.8 Å². The number of rotatable bonds is 0. The van der Waals surface area contributed by atoms with Gasteiger partial charge in [-0.1, -0.05) is 35.4 Å². The van der Waals surface area contributed by atoms with E-state index in [1.165, 1.54) is 32.1 Å². The minimum atomic E-state index is 1.24. The monoisotopic (exact) mass is 170 g/mol. The average Bonchev–Trinajstić information content (AvgIpc) is 2.61. The molecule has 13 heavy (non-hydrogen) atoms. The molecular formula is C13H14. The molecule has 1 aromatic carbocycles. The molecule has 0 heteroatoms. The Morgan fingerprint density at radius 2 is 1.31 bits per heavy atom. The number of hydrogen-bond acceptors (Lipinski definition) is 0. The largest absolute Gasteiger partial charge is 0.0663 e. The molecule has 0 bridgehead atoms. The van der Waals surface area contributed by atoms with Crippen LogP contribution in [0.1, 0.15) is 30.4 Å². The van der Waals surface area contributed by atoms with Crippen LogP contribution in [0.25, 0.3) is 0 Å². The van der Waals surface area contributed by atoms with E-state index in [0.29, 0.717) is 0 Å². The van der Waals surface area contributed by atoms with E-state index in [1.54, 1.807) is 22.3 Å². The second-order valence-electron chi connectivity index (χ2n) is 4.18. The highest BCUT2D eigenvalue weighted by atomic mass is 14.3. The van der Waals surface area contributed by atoms with Gasteiger partial charge in [-0.3, -0.25) is 0 Å². The van der Waals surface area contributed by atoms with Crippen LogP contribution in [0.5, 0.6) is 0 Å². The van der Waals surface area contributed by atoms with Crippen LogP contribution in [0, 0.1) is 0 Å². The van der Waals surface area contributed by atoms with Gasteiger partial charge >= 0.3 is 0 Å². The molecule has 0 aliphatic heterocycles. The molecule has 0 fully saturated rings. The first-order valence-corrected chi connectivity index (χ1v) is 5.20. The molecule has 0 N–H and O–H groups in total. The molecule has 0 amide bonds. The van der Waals surface area contributed by atoms with Gasteiger partial charge in [0.1, 0.15) is 0 Å². The maximum Gasteiger partial charge on any atom is -0.00615 e. The Morgan fingerprint density at radius 1 is 0.769 bits per heavy atom. The fourth-order valence-corrected chi connectivity index (χ4v) is 2.66. The quantitative estimate of drug-likeness (QED) is 0.524. The van der Waals surface area contributed by atoms with E-state index < -0.39 is 0 Å². The lowest BCUT2D eigenvalue weighted by molar-refractivity contribution is 0.881. The van der Waals surface area contributed by atoms with Crippen molar-refractivity contribution in [2.24, 2.45) is 0 Å². The summed E-state index contributed by atoms with van der Waals surface area (Å²) in [4.78, 5) is 0. The zero-order valence-electron chi connectivity index (χ0n) is 7.84. The lowest BCUT2D eigenvalue weighted by Crippen LogP contribution is -2.04. The van der Waals surface area contributed by atoms with E-state index in [1.807, 2.05) is 0 Å². The van der Waals surface area contributed by atoms with Gasteiger partial charge in [-0.2, -0.15) is 0 Å². The fraction of sp³-hybridized carbons (Fsp3) is 0.385. The second kappa shape index (κ2) is 2.73. The normalized spacial score (nSPS) is 20.0. The highest BCUT2D eigenvalue weighted by Crippen LogP contribution is 2.36. The van der Waals surface area contributed by atoms with Crippen LogP contribution in [0.2, 0.25) is 0 Å². The molecule has 0 nitrogen and oxygen atoms in total. The third kappa shape index (κ3) is 1.13. The van der Waals surface area contributed by atoms with Crippen molar-refractivity contribution in [3.63, 3.8) is 0 Å². The van der Waals surface area contributed by atoms with Crippen molar-refractivity contribution < 1.29 is 0 Å². The standard InChI is InChI=1S/C13H14/c1-2-5-11-9-13-7-3-6-12(13)8-10(11)4-1/h1-2,4-5H,3,6-9H2. The zero-order valence-corrected chi connectivity index (χ0v) is 7.84. The first-order valence-electron chi connectivity index (χ1n) is 5.20. The summed E-state index contributed by atoms with van der Waals surface area (Å²) in [5.41, 5.74) is 6.64. The Kier molecular flexibility index (Phi) is 1.55. The van der Waals surface area contributed by atoms with Gasteiger partial charge in [0.25, 0.3) is 0 Å². The van der Waals surface area contributed by atoms with Crippen LogP contribution in [0.3, 0.4) is 0 Å². The molecule has 0 unspecified atom stereocenters. The highest BCUT2D eigenvalue weighted by molar-refractivity contribution is 5.41. The predicted molar refractivity (Wildman–Crippen MR) is 54.7 cm³/mol. The molecule has 0 atom stereocenters. The molecule has 0 aromatic heterocycles. The minimum Gasteiger partial charge on any atom is -0.0663 e. The van der Waals surface area contributed by atoms with Gasteiger partial charge in [0.15, 0.2) is 0 Å². The van der Waals surface area contributed by atoms with Crippen molar-refractivity contribution >= 4 is 0 Å². The van der Waals surface area contributed by atoms with Gasteiger partial charge in [-0.05, 0) is 43.2 Å². The number of fused-ring (bicyclic) bond motifs is 1.